The number of carboxylic acid groups (broad SMARTS) is 1. The Kier molecular flexibility index (Phi) is 3.71. The first kappa shape index (κ1) is 13.4. The van der Waals surface area contributed by atoms with Crippen LogP contribution < -0.4 is 0 Å². The lowest BCUT2D eigenvalue weighted by Gasteiger charge is -2.19. The summed E-state index contributed by atoms with van der Waals surface area (Å²) >= 11 is 0. The highest BCUT2D eigenvalue weighted by Gasteiger charge is 2.32. The molecule has 0 unspecified atom stereocenters. The molecule has 0 saturated heterocycles. The van der Waals surface area contributed by atoms with Crippen LogP contribution in [0.4, 0.5) is 5.69 Å². The van der Waals surface area contributed by atoms with E-state index in [1.807, 2.05) is 20.8 Å². The van der Waals surface area contributed by atoms with Gasteiger partial charge in [-0.15, -0.1) is 0 Å². The van der Waals surface area contributed by atoms with Crippen LogP contribution in [0.15, 0.2) is 23.2 Å². The van der Waals surface area contributed by atoms with Gasteiger partial charge in [0.1, 0.15) is 0 Å². The fourth-order valence-corrected chi connectivity index (χ4v) is 1.78. The number of fused-ring (bicyclic) bond motifs is 1. The number of aliphatic imine (C=N–C) groups is 1. The molecule has 0 spiro atoms. The molecule has 1 heterocycles. The highest BCUT2D eigenvalue weighted by molar-refractivity contribution is 6.00. The molecule has 2 rings (SSSR count). The SMILES string of the molecule is CC.CC1=Nc2ccc(C(=O)O)cc2C1(C)C. The molecule has 0 atom stereocenters. The third kappa shape index (κ3) is 2.23. The molecule has 1 aliphatic heterocycles. The third-order valence-corrected chi connectivity index (χ3v) is 3.11. The van der Waals surface area contributed by atoms with Gasteiger partial charge in [-0.05, 0) is 30.7 Å². The van der Waals surface area contributed by atoms with Crippen molar-refractivity contribution in [1.29, 1.82) is 0 Å². The van der Waals surface area contributed by atoms with E-state index in [1.165, 1.54) is 0 Å². The average Bonchev–Trinajstić information content (AvgIpc) is 2.52. The van der Waals surface area contributed by atoms with E-state index in [4.69, 9.17) is 5.11 Å². The Balaban J connectivity index is 0.000000686. The Morgan fingerprint density at radius 2 is 1.88 bits per heavy atom. The van der Waals surface area contributed by atoms with E-state index < -0.39 is 5.97 Å². The van der Waals surface area contributed by atoms with E-state index in [1.54, 1.807) is 18.2 Å². The average molecular weight is 233 g/mol. The number of benzene rings is 1. The van der Waals surface area contributed by atoms with Crippen molar-refractivity contribution in [3.05, 3.63) is 29.3 Å². The zero-order chi connectivity index (χ0) is 13.2. The third-order valence-electron chi connectivity index (χ3n) is 3.11. The second-order valence-electron chi connectivity index (χ2n) is 4.36. The van der Waals surface area contributed by atoms with Crippen molar-refractivity contribution >= 4 is 17.4 Å². The molecule has 0 amide bonds. The standard InChI is InChI=1S/C12H13NO2.C2H6/c1-7-12(2,3)9-6-8(11(14)15)4-5-10(9)13-7;1-2/h4-6H,1-3H3,(H,14,15);1-2H3. The number of rotatable bonds is 1. The predicted octanol–water partition coefficient (Wildman–Crippen LogP) is 3.79. The summed E-state index contributed by atoms with van der Waals surface area (Å²) in [5.41, 5.74) is 3.09. The van der Waals surface area contributed by atoms with Crippen molar-refractivity contribution in [3.63, 3.8) is 0 Å². The van der Waals surface area contributed by atoms with Crippen LogP contribution in [0.1, 0.15) is 50.5 Å². The van der Waals surface area contributed by atoms with Crippen LogP contribution in [-0.2, 0) is 5.41 Å². The summed E-state index contributed by atoms with van der Waals surface area (Å²) in [5.74, 6) is -0.891. The lowest BCUT2D eigenvalue weighted by atomic mass is 9.81. The monoisotopic (exact) mass is 233 g/mol. The Bertz CT molecular complexity index is 473. The molecule has 92 valence electrons. The first-order valence-corrected chi connectivity index (χ1v) is 5.86. The first-order valence-electron chi connectivity index (χ1n) is 5.86. The largest absolute Gasteiger partial charge is 0.478 e. The summed E-state index contributed by atoms with van der Waals surface area (Å²) in [6, 6.07) is 5.09. The first-order chi connectivity index (χ1) is 7.93. The summed E-state index contributed by atoms with van der Waals surface area (Å²) in [4.78, 5) is 15.3. The highest BCUT2D eigenvalue weighted by Crippen LogP contribution is 2.40. The second-order valence-corrected chi connectivity index (χ2v) is 4.36. The van der Waals surface area contributed by atoms with Crippen LogP contribution in [0.5, 0.6) is 0 Å². The highest BCUT2D eigenvalue weighted by atomic mass is 16.4. The van der Waals surface area contributed by atoms with Crippen LogP contribution in [0.2, 0.25) is 0 Å². The maximum Gasteiger partial charge on any atom is 0.335 e. The quantitative estimate of drug-likeness (QED) is 0.802. The summed E-state index contributed by atoms with van der Waals surface area (Å²) in [6.07, 6.45) is 0. The van der Waals surface area contributed by atoms with Gasteiger partial charge in [0, 0.05) is 11.1 Å². The Morgan fingerprint density at radius 1 is 1.29 bits per heavy atom. The number of carboxylic acids is 1. The van der Waals surface area contributed by atoms with E-state index in [2.05, 4.69) is 18.8 Å². The zero-order valence-electron chi connectivity index (χ0n) is 11.0. The second kappa shape index (κ2) is 4.70. The molecular formula is C14H19NO2. The summed E-state index contributed by atoms with van der Waals surface area (Å²) in [5, 5.41) is 8.91. The van der Waals surface area contributed by atoms with Gasteiger partial charge in [-0.1, -0.05) is 27.7 Å². The molecule has 1 aliphatic rings. The Morgan fingerprint density at radius 3 is 2.41 bits per heavy atom. The maximum absolute atomic E-state index is 10.9. The Hall–Kier alpha value is -1.64. The minimum atomic E-state index is -0.891. The summed E-state index contributed by atoms with van der Waals surface area (Å²) in [6.45, 7) is 10.1. The smallest absolute Gasteiger partial charge is 0.335 e. The van der Waals surface area contributed by atoms with Gasteiger partial charge in [0.15, 0.2) is 0 Å². The van der Waals surface area contributed by atoms with E-state index in [0.717, 1.165) is 17.0 Å². The maximum atomic E-state index is 10.9. The van der Waals surface area contributed by atoms with Crippen molar-refractivity contribution in [2.45, 2.75) is 40.0 Å². The lowest BCUT2D eigenvalue weighted by molar-refractivity contribution is 0.0697. The van der Waals surface area contributed by atoms with E-state index >= 15 is 0 Å². The van der Waals surface area contributed by atoms with Gasteiger partial charge < -0.3 is 5.11 Å². The summed E-state index contributed by atoms with van der Waals surface area (Å²) in [7, 11) is 0. The molecule has 1 N–H and O–H groups in total. The van der Waals surface area contributed by atoms with Gasteiger partial charge in [-0.2, -0.15) is 0 Å². The summed E-state index contributed by atoms with van der Waals surface area (Å²) < 4.78 is 0. The molecule has 3 nitrogen and oxygen atoms in total. The molecule has 0 saturated carbocycles. The molecule has 0 bridgehead atoms. The van der Waals surface area contributed by atoms with Gasteiger partial charge >= 0.3 is 5.97 Å². The Labute approximate surface area is 102 Å². The van der Waals surface area contributed by atoms with Gasteiger partial charge in [0.05, 0.1) is 11.3 Å². The molecule has 0 fully saturated rings. The van der Waals surface area contributed by atoms with Crippen molar-refractivity contribution in [3.8, 4) is 0 Å². The number of hydrogen-bond donors (Lipinski definition) is 1. The molecule has 0 aromatic heterocycles. The number of aromatic carboxylic acids is 1. The van der Waals surface area contributed by atoms with Gasteiger partial charge in [0.2, 0.25) is 0 Å². The van der Waals surface area contributed by atoms with Gasteiger partial charge in [-0.3, -0.25) is 4.99 Å². The van der Waals surface area contributed by atoms with Crippen LogP contribution in [-0.4, -0.2) is 16.8 Å². The molecule has 3 heteroatoms. The van der Waals surface area contributed by atoms with Crippen molar-refractivity contribution in [2.75, 3.05) is 0 Å². The van der Waals surface area contributed by atoms with E-state index in [9.17, 15) is 4.79 Å². The fourth-order valence-electron chi connectivity index (χ4n) is 1.78. The minimum Gasteiger partial charge on any atom is -0.478 e. The molecule has 0 radical (unpaired) electrons. The number of carbonyl (C=O) groups is 1. The normalized spacial score (nSPS) is 15.5. The molecule has 1 aromatic carbocycles. The molecular weight excluding hydrogens is 214 g/mol. The molecule has 0 aliphatic carbocycles. The van der Waals surface area contributed by atoms with Gasteiger partial charge in [0.25, 0.3) is 0 Å². The zero-order valence-corrected chi connectivity index (χ0v) is 11.0. The van der Waals surface area contributed by atoms with Crippen molar-refractivity contribution < 1.29 is 9.90 Å². The fraction of sp³-hybridized carbons (Fsp3) is 0.429. The van der Waals surface area contributed by atoms with E-state index in [0.29, 0.717) is 5.56 Å². The van der Waals surface area contributed by atoms with Crippen molar-refractivity contribution in [1.82, 2.24) is 0 Å². The van der Waals surface area contributed by atoms with Crippen LogP contribution >= 0.6 is 0 Å². The van der Waals surface area contributed by atoms with Crippen LogP contribution in [0.3, 0.4) is 0 Å². The topological polar surface area (TPSA) is 49.7 Å². The minimum absolute atomic E-state index is 0.152. The predicted molar refractivity (Wildman–Crippen MR) is 70.5 cm³/mol. The van der Waals surface area contributed by atoms with Crippen LogP contribution in [0, 0.1) is 0 Å². The van der Waals surface area contributed by atoms with Gasteiger partial charge in [-0.25, -0.2) is 4.79 Å². The molecule has 17 heavy (non-hydrogen) atoms. The van der Waals surface area contributed by atoms with Crippen LogP contribution in [0.25, 0.3) is 0 Å². The number of hydrogen-bond acceptors (Lipinski definition) is 2. The molecule has 1 aromatic rings. The van der Waals surface area contributed by atoms with E-state index in [-0.39, 0.29) is 5.41 Å². The van der Waals surface area contributed by atoms with Crippen molar-refractivity contribution in [2.24, 2.45) is 4.99 Å². The number of nitrogens with zero attached hydrogens (tertiary/aromatic N) is 1. The lowest BCUT2D eigenvalue weighted by Crippen LogP contribution is -2.22.